The first-order chi connectivity index (χ1) is 6.29. The maximum Gasteiger partial charge on any atom is 0.186 e. The van der Waals surface area contributed by atoms with Crippen molar-refractivity contribution in [3.05, 3.63) is 34.2 Å². The van der Waals surface area contributed by atoms with E-state index in [0.29, 0.717) is 12.1 Å². The Labute approximate surface area is 75.8 Å². The lowest BCUT2D eigenvalue weighted by Gasteiger charge is -2.16. The Morgan fingerprint density at radius 2 is 2.46 bits per heavy atom. The molecule has 1 aromatic heterocycles. The summed E-state index contributed by atoms with van der Waals surface area (Å²) in [4.78, 5) is 14.3. The van der Waals surface area contributed by atoms with Crippen molar-refractivity contribution in [1.29, 1.82) is 0 Å². The second-order valence-corrected chi connectivity index (χ2v) is 3.29. The number of hydroxylamine groups is 2. The molecule has 1 aliphatic heterocycles. The summed E-state index contributed by atoms with van der Waals surface area (Å²) in [5.74, 6) is 0. The normalized spacial score (nSPS) is 23.6. The molecule has 4 heteroatoms. The Morgan fingerprint density at radius 1 is 1.62 bits per heavy atom. The molecular formula is C9H12N2O2. The van der Waals surface area contributed by atoms with E-state index >= 15 is 0 Å². The number of hydrogen-bond acceptors (Lipinski definition) is 3. The molecule has 1 saturated heterocycles. The molecule has 0 spiro atoms. The molecule has 0 aliphatic carbocycles. The number of rotatable bonds is 1. The molecule has 13 heavy (non-hydrogen) atoms. The maximum atomic E-state index is 11.4. The van der Waals surface area contributed by atoms with Crippen molar-refractivity contribution in [2.24, 2.45) is 0 Å². The predicted molar refractivity (Wildman–Crippen MR) is 47.5 cm³/mol. The molecular weight excluding hydrogens is 168 g/mol. The molecule has 0 amide bonds. The molecule has 2 rings (SSSR count). The Hall–Kier alpha value is -1.13. The highest BCUT2D eigenvalue weighted by molar-refractivity contribution is 5.14. The highest BCUT2D eigenvalue weighted by Crippen LogP contribution is 2.27. The van der Waals surface area contributed by atoms with Gasteiger partial charge in [-0.05, 0) is 12.8 Å². The third-order valence-electron chi connectivity index (χ3n) is 2.44. The zero-order valence-corrected chi connectivity index (χ0v) is 7.23. The largest absolute Gasteiger partial charge is 0.367 e. The molecule has 1 fully saturated rings. The second-order valence-electron chi connectivity index (χ2n) is 3.29. The highest BCUT2D eigenvalue weighted by atomic mass is 16.5. The lowest BCUT2D eigenvalue weighted by atomic mass is 10.1. The summed E-state index contributed by atoms with van der Waals surface area (Å²) in [7, 11) is 0. The van der Waals surface area contributed by atoms with Crippen molar-refractivity contribution in [3.8, 4) is 0 Å². The van der Waals surface area contributed by atoms with Crippen LogP contribution in [0.2, 0.25) is 0 Å². The van der Waals surface area contributed by atoms with Crippen LogP contribution in [-0.2, 0) is 0 Å². The molecule has 0 aromatic carbocycles. The first-order valence-corrected chi connectivity index (χ1v) is 4.41. The van der Waals surface area contributed by atoms with E-state index in [4.69, 9.17) is 0 Å². The lowest BCUT2D eigenvalue weighted by Crippen LogP contribution is -2.23. The van der Waals surface area contributed by atoms with Gasteiger partial charge in [0.05, 0.1) is 6.04 Å². The van der Waals surface area contributed by atoms with Gasteiger partial charge < -0.3 is 10.2 Å². The standard InChI is InChI=1S/C9H12N2O2/c12-9-3-4-10-6-7(9)8-2-1-5-11(8)13/h3-4,6,8,13H,1-2,5H2,(H,10,12). The molecule has 1 aromatic rings. The van der Waals surface area contributed by atoms with E-state index < -0.39 is 0 Å². The van der Waals surface area contributed by atoms with Crippen molar-refractivity contribution < 1.29 is 5.21 Å². The van der Waals surface area contributed by atoms with E-state index in [-0.39, 0.29) is 11.5 Å². The fraction of sp³-hybridized carbons (Fsp3) is 0.444. The van der Waals surface area contributed by atoms with Crippen LogP contribution in [0, 0.1) is 0 Å². The Bertz CT molecular complexity index is 347. The Kier molecular flexibility index (Phi) is 2.16. The quantitative estimate of drug-likeness (QED) is 0.675. The summed E-state index contributed by atoms with van der Waals surface area (Å²) in [6.07, 6.45) is 5.06. The van der Waals surface area contributed by atoms with Gasteiger partial charge in [0.15, 0.2) is 5.43 Å². The van der Waals surface area contributed by atoms with Crippen molar-refractivity contribution in [1.82, 2.24) is 10.0 Å². The fourth-order valence-corrected chi connectivity index (χ4v) is 1.76. The lowest BCUT2D eigenvalue weighted by molar-refractivity contribution is -0.104. The number of nitrogens with one attached hydrogen (secondary N) is 1. The maximum absolute atomic E-state index is 11.4. The summed E-state index contributed by atoms with van der Waals surface area (Å²) >= 11 is 0. The number of pyridine rings is 1. The van der Waals surface area contributed by atoms with Gasteiger partial charge in [0.1, 0.15) is 0 Å². The molecule has 0 radical (unpaired) electrons. The van der Waals surface area contributed by atoms with Gasteiger partial charge in [0, 0.05) is 30.6 Å². The van der Waals surface area contributed by atoms with Gasteiger partial charge >= 0.3 is 0 Å². The third-order valence-corrected chi connectivity index (χ3v) is 2.44. The van der Waals surface area contributed by atoms with Crippen LogP contribution >= 0.6 is 0 Å². The van der Waals surface area contributed by atoms with E-state index in [2.05, 4.69) is 4.98 Å². The van der Waals surface area contributed by atoms with E-state index in [1.807, 2.05) is 0 Å². The van der Waals surface area contributed by atoms with E-state index in [9.17, 15) is 10.0 Å². The van der Waals surface area contributed by atoms with Gasteiger partial charge in [-0.25, -0.2) is 0 Å². The second kappa shape index (κ2) is 3.32. The zero-order chi connectivity index (χ0) is 9.26. The molecule has 1 unspecified atom stereocenters. The highest BCUT2D eigenvalue weighted by Gasteiger charge is 2.26. The molecule has 0 bridgehead atoms. The third kappa shape index (κ3) is 1.50. The van der Waals surface area contributed by atoms with Crippen molar-refractivity contribution in [3.63, 3.8) is 0 Å². The van der Waals surface area contributed by atoms with Gasteiger partial charge in [-0.2, -0.15) is 5.06 Å². The minimum Gasteiger partial charge on any atom is -0.367 e. The zero-order valence-electron chi connectivity index (χ0n) is 7.23. The average Bonchev–Trinajstić information content (AvgIpc) is 2.52. The topological polar surface area (TPSA) is 56.3 Å². The summed E-state index contributed by atoms with van der Waals surface area (Å²) in [6, 6.07) is 1.37. The Balaban J connectivity index is 2.35. The van der Waals surface area contributed by atoms with Crippen molar-refractivity contribution >= 4 is 0 Å². The number of nitrogens with zero attached hydrogens (tertiary/aromatic N) is 1. The predicted octanol–water partition coefficient (Wildman–Crippen LogP) is 0.901. The first-order valence-electron chi connectivity index (χ1n) is 4.41. The van der Waals surface area contributed by atoms with Crippen LogP contribution < -0.4 is 5.43 Å². The number of aromatic nitrogens is 1. The van der Waals surface area contributed by atoms with Crippen LogP contribution in [0.25, 0.3) is 0 Å². The van der Waals surface area contributed by atoms with Crippen LogP contribution in [0.1, 0.15) is 24.4 Å². The van der Waals surface area contributed by atoms with Crippen molar-refractivity contribution in [2.75, 3.05) is 6.54 Å². The monoisotopic (exact) mass is 180 g/mol. The van der Waals surface area contributed by atoms with Gasteiger partial charge in [0.2, 0.25) is 0 Å². The summed E-state index contributed by atoms with van der Waals surface area (Å²) in [6.45, 7) is 0.652. The number of hydrogen-bond donors (Lipinski definition) is 2. The van der Waals surface area contributed by atoms with Crippen molar-refractivity contribution in [2.45, 2.75) is 18.9 Å². The first kappa shape index (κ1) is 8.47. The van der Waals surface area contributed by atoms with Crippen LogP contribution in [0.5, 0.6) is 0 Å². The molecule has 0 saturated carbocycles. The number of aromatic amines is 1. The van der Waals surface area contributed by atoms with E-state index in [0.717, 1.165) is 12.8 Å². The summed E-state index contributed by atoms with van der Waals surface area (Å²) in [5, 5.41) is 10.7. The Morgan fingerprint density at radius 3 is 3.08 bits per heavy atom. The van der Waals surface area contributed by atoms with Gasteiger partial charge in [0.25, 0.3) is 0 Å². The minimum absolute atomic E-state index is 0.00954. The van der Waals surface area contributed by atoms with Gasteiger partial charge in [-0.3, -0.25) is 4.79 Å². The molecule has 2 N–H and O–H groups in total. The SMILES string of the molecule is O=c1cc[nH]cc1C1CCCN1O. The molecule has 4 nitrogen and oxygen atoms in total. The molecule has 2 heterocycles. The molecule has 70 valence electrons. The minimum atomic E-state index is -0.120. The smallest absolute Gasteiger partial charge is 0.186 e. The molecule has 1 aliphatic rings. The summed E-state index contributed by atoms with van der Waals surface area (Å²) < 4.78 is 0. The van der Waals surface area contributed by atoms with E-state index in [1.54, 1.807) is 12.4 Å². The molecule has 1 atom stereocenters. The summed E-state index contributed by atoms with van der Waals surface area (Å²) in [5.41, 5.74) is 0.646. The van der Waals surface area contributed by atoms with Crippen LogP contribution in [0.3, 0.4) is 0 Å². The average molecular weight is 180 g/mol. The fourth-order valence-electron chi connectivity index (χ4n) is 1.76. The number of H-pyrrole nitrogens is 1. The van der Waals surface area contributed by atoms with Crippen LogP contribution in [0.15, 0.2) is 23.3 Å². The van der Waals surface area contributed by atoms with E-state index in [1.165, 1.54) is 11.1 Å². The van der Waals surface area contributed by atoms with Gasteiger partial charge in [-0.15, -0.1) is 0 Å². The van der Waals surface area contributed by atoms with Crippen LogP contribution in [0.4, 0.5) is 0 Å². The van der Waals surface area contributed by atoms with Gasteiger partial charge in [-0.1, -0.05) is 0 Å². The van der Waals surface area contributed by atoms with Crippen LogP contribution in [-0.4, -0.2) is 21.8 Å².